The summed E-state index contributed by atoms with van der Waals surface area (Å²) >= 11 is 5.99. The predicted molar refractivity (Wildman–Crippen MR) is 71.3 cm³/mol. The van der Waals surface area contributed by atoms with Gasteiger partial charge in [0.25, 0.3) is 0 Å². The second-order valence-corrected chi connectivity index (χ2v) is 4.42. The molecule has 2 aromatic rings. The van der Waals surface area contributed by atoms with Crippen LogP contribution in [0, 0.1) is 12.7 Å². The minimum absolute atomic E-state index is 0.234. The summed E-state index contributed by atoms with van der Waals surface area (Å²) in [6.45, 7) is 2.13. The Morgan fingerprint density at radius 1 is 1.28 bits per heavy atom. The van der Waals surface area contributed by atoms with Crippen LogP contribution in [0.1, 0.15) is 11.1 Å². The third-order valence-corrected chi connectivity index (χ3v) is 2.98. The molecule has 2 aromatic carbocycles. The smallest absolute Gasteiger partial charge is 0.161 e. The molecule has 0 saturated heterocycles. The average molecular weight is 266 g/mol. The number of rotatable bonds is 3. The van der Waals surface area contributed by atoms with Crippen LogP contribution in [0.4, 0.5) is 10.1 Å². The molecule has 94 valence electrons. The summed E-state index contributed by atoms with van der Waals surface area (Å²) in [5, 5.41) is 0.448. The van der Waals surface area contributed by atoms with Gasteiger partial charge in [0.15, 0.2) is 5.75 Å². The van der Waals surface area contributed by atoms with E-state index in [9.17, 15) is 4.39 Å². The number of anilines is 1. The highest BCUT2D eigenvalue weighted by Gasteiger charge is 2.07. The number of nitrogen functional groups attached to an aromatic ring is 1. The Bertz CT molecular complexity index is 551. The molecule has 0 atom stereocenters. The molecule has 2 N–H and O–H groups in total. The first-order chi connectivity index (χ1) is 8.58. The lowest BCUT2D eigenvalue weighted by molar-refractivity contribution is 0.306. The molecule has 2 nitrogen and oxygen atoms in total. The lowest BCUT2D eigenvalue weighted by atomic mass is 10.1. The van der Waals surface area contributed by atoms with Crippen LogP contribution in [0.25, 0.3) is 0 Å². The van der Waals surface area contributed by atoms with Gasteiger partial charge in [0, 0.05) is 0 Å². The maximum absolute atomic E-state index is 13.1. The van der Waals surface area contributed by atoms with Gasteiger partial charge in [-0.05, 0) is 42.3 Å². The summed E-state index contributed by atoms with van der Waals surface area (Å²) in [5.74, 6) is 0.147. The SMILES string of the molecule is Cc1ccc(F)cc1COc1c(N)cccc1Cl. The number of hydrogen-bond donors (Lipinski definition) is 1. The maximum Gasteiger partial charge on any atom is 0.161 e. The standard InChI is InChI=1S/C14H13ClFNO/c1-9-5-6-11(16)7-10(9)8-18-14-12(15)3-2-4-13(14)17/h2-7H,8,17H2,1H3. The van der Waals surface area contributed by atoms with Crippen molar-refractivity contribution in [2.45, 2.75) is 13.5 Å². The third-order valence-electron chi connectivity index (χ3n) is 2.68. The van der Waals surface area contributed by atoms with E-state index in [0.29, 0.717) is 16.5 Å². The molecule has 0 aliphatic heterocycles. The monoisotopic (exact) mass is 265 g/mol. The van der Waals surface area contributed by atoms with Crippen molar-refractivity contribution in [3.05, 3.63) is 58.4 Å². The van der Waals surface area contributed by atoms with E-state index in [0.717, 1.165) is 11.1 Å². The van der Waals surface area contributed by atoms with Gasteiger partial charge in [-0.1, -0.05) is 23.7 Å². The fraction of sp³-hybridized carbons (Fsp3) is 0.143. The molecule has 0 spiro atoms. The van der Waals surface area contributed by atoms with Crippen LogP contribution in [-0.4, -0.2) is 0 Å². The van der Waals surface area contributed by atoms with Crippen molar-refractivity contribution >= 4 is 17.3 Å². The quantitative estimate of drug-likeness (QED) is 0.853. The van der Waals surface area contributed by atoms with Crippen molar-refractivity contribution in [1.82, 2.24) is 0 Å². The molecular weight excluding hydrogens is 253 g/mol. The second-order valence-electron chi connectivity index (χ2n) is 4.02. The fourth-order valence-electron chi connectivity index (χ4n) is 1.62. The lowest BCUT2D eigenvalue weighted by Gasteiger charge is -2.12. The molecule has 0 saturated carbocycles. The minimum Gasteiger partial charge on any atom is -0.485 e. The summed E-state index contributed by atoms with van der Waals surface area (Å²) in [7, 11) is 0. The molecule has 2 rings (SSSR count). The summed E-state index contributed by atoms with van der Waals surface area (Å²) in [6, 6.07) is 9.73. The molecule has 0 aliphatic carbocycles. The van der Waals surface area contributed by atoms with Crippen LogP contribution in [0.2, 0.25) is 5.02 Å². The highest BCUT2D eigenvalue weighted by atomic mass is 35.5. The van der Waals surface area contributed by atoms with Gasteiger partial charge >= 0.3 is 0 Å². The Hall–Kier alpha value is -1.74. The number of halogens is 2. The second kappa shape index (κ2) is 5.27. The highest BCUT2D eigenvalue weighted by molar-refractivity contribution is 6.32. The molecular formula is C14H13ClFNO. The molecule has 0 amide bonds. The van der Waals surface area contributed by atoms with Crippen LogP contribution >= 0.6 is 11.6 Å². The van der Waals surface area contributed by atoms with Crippen molar-refractivity contribution in [1.29, 1.82) is 0 Å². The first-order valence-electron chi connectivity index (χ1n) is 5.50. The Morgan fingerprint density at radius 2 is 2.06 bits per heavy atom. The summed E-state index contributed by atoms with van der Waals surface area (Å²) < 4.78 is 18.7. The van der Waals surface area contributed by atoms with E-state index >= 15 is 0 Å². The van der Waals surface area contributed by atoms with Crippen molar-refractivity contribution in [2.75, 3.05) is 5.73 Å². The van der Waals surface area contributed by atoms with Crippen LogP contribution < -0.4 is 10.5 Å². The van der Waals surface area contributed by atoms with E-state index in [1.54, 1.807) is 24.3 Å². The van der Waals surface area contributed by atoms with Crippen molar-refractivity contribution < 1.29 is 9.13 Å². The number of aryl methyl sites for hydroxylation is 1. The number of ether oxygens (including phenoxy) is 1. The van der Waals surface area contributed by atoms with Crippen LogP contribution in [0.15, 0.2) is 36.4 Å². The summed E-state index contributed by atoms with van der Waals surface area (Å²) in [5.41, 5.74) is 7.97. The van der Waals surface area contributed by atoms with Gasteiger partial charge in [-0.25, -0.2) is 4.39 Å². The van der Waals surface area contributed by atoms with E-state index in [-0.39, 0.29) is 12.4 Å². The fourth-order valence-corrected chi connectivity index (χ4v) is 1.86. The molecule has 0 aliphatic rings. The van der Waals surface area contributed by atoms with Crippen molar-refractivity contribution in [3.63, 3.8) is 0 Å². The van der Waals surface area contributed by atoms with Gasteiger partial charge in [0.2, 0.25) is 0 Å². The number of nitrogens with two attached hydrogens (primary N) is 1. The molecule has 0 radical (unpaired) electrons. The molecule has 0 heterocycles. The number of hydrogen-bond acceptors (Lipinski definition) is 2. The van der Waals surface area contributed by atoms with E-state index in [2.05, 4.69) is 0 Å². The van der Waals surface area contributed by atoms with Gasteiger partial charge in [-0.3, -0.25) is 0 Å². The Balaban J connectivity index is 2.19. The van der Waals surface area contributed by atoms with Crippen molar-refractivity contribution in [3.8, 4) is 5.75 Å². The van der Waals surface area contributed by atoms with Gasteiger partial charge in [-0.2, -0.15) is 0 Å². The first-order valence-corrected chi connectivity index (χ1v) is 5.87. The zero-order valence-electron chi connectivity index (χ0n) is 9.91. The average Bonchev–Trinajstić information content (AvgIpc) is 2.33. The maximum atomic E-state index is 13.1. The third kappa shape index (κ3) is 2.74. The normalized spacial score (nSPS) is 10.4. The molecule has 4 heteroatoms. The first kappa shape index (κ1) is 12.7. The highest BCUT2D eigenvalue weighted by Crippen LogP contribution is 2.31. The molecule has 0 bridgehead atoms. The predicted octanol–water partition coefficient (Wildman–Crippen LogP) is 3.95. The summed E-state index contributed by atoms with van der Waals surface area (Å²) in [6.07, 6.45) is 0. The van der Waals surface area contributed by atoms with E-state index in [4.69, 9.17) is 22.1 Å². The van der Waals surface area contributed by atoms with E-state index in [1.807, 2.05) is 6.92 Å². The molecule has 0 fully saturated rings. The molecule has 0 unspecified atom stereocenters. The number of benzene rings is 2. The summed E-state index contributed by atoms with van der Waals surface area (Å²) in [4.78, 5) is 0. The largest absolute Gasteiger partial charge is 0.485 e. The van der Waals surface area contributed by atoms with E-state index in [1.165, 1.54) is 12.1 Å². The molecule has 18 heavy (non-hydrogen) atoms. The van der Waals surface area contributed by atoms with Crippen LogP contribution in [0.5, 0.6) is 5.75 Å². The molecule has 0 aromatic heterocycles. The van der Waals surface area contributed by atoms with Gasteiger partial charge < -0.3 is 10.5 Å². The lowest BCUT2D eigenvalue weighted by Crippen LogP contribution is -2.01. The Morgan fingerprint density at radius 3 is 2.78 bits per heavy atom. The zero-order chi connectivity index (χ0) is 13.1. The zero-order valence-corrected chi connectivity index (χ0v) is 10.7. The topological polar surface area (TPSA) is 35.2 Å². The van der Waals surface area contributed by atoms with Crippen LogP contribution in [-0.2, 0) is 6.61 Å². The van der Waals surface area contributed by atoms with Gasteiger partial charge in [0.1, 0.15) is 12.4 Å². The van der Waals surface area contributed by atoms with Gasteiger partial charge in [-0.15, -0.1) is 0 Å². The van der Waals surface area contributed by atoms with E-state index < -0.39 is 0 Å². The van der Waals surface area contributed by atoms with Gasteiger partial charge in [0.05, 0.1) is 10.7 Å². The minimum atomic E-state index is -0.286. The van der Waals surface area contributed by atoms with Crippen molar-refractivity contribution in [2.24, 2.45) is 0 Å². The Labute approximate surface area is 110 Å². The number of para-hydroxylation sites is 1. The van der Waals surface area contributed by atoms with Crippen LogP contribution in [0.3, 0.4) is 0 Å². The Kier molecular flexibility index (Phi) is 3.72.